The van der Waals surface area contributed by atoms with E-state index in [1.807, 2.05) is 22.7 Å². The number of aromatic nitrogens is 4. The lowest BCUT2D eigenvalue weighted by Crippen LogP contribution is -2.39. The molecule has 1 fully saturated rings. The normalized spacial score (nSPS) is 18.1. The van der Waals surface area contributed by atoms with Gasteiger partial charge in [-0.2, -0.15) is 10.2 Å². The Balaban J connectivity index is 1.83. The number of hydrogen-bond donors (Lipinski definition) is 1. The molecular weight excluding hydrogens is 302 g/mol. The molecule has 1 N–H and O–H groups in total. The van der Waals surface area contributed by atoms with Crippen LogP contribution in [0.15, 0.2) is 12.3 Å². The van der Waals surface area contributed by atoms with E-state index in [-0.39, 0.29) is 11.9 Å². The highest BCUT2D eigenvalue weighted by atomic mass is 16.2. The van der Waals surface area contributed by atoms with Crippen LogP contribution in [-0.4, -0.2) is 37.3 Å². The molecule has 1 atom stereocenters. The van der Waals surface area contributed by atoms with Gasteiger partial charge < -0.3 is 4.90 Å². The molecule has 0 spiro atoms. The summed E-state index contributed by atoms with van der Waals surface area (Å²) >= 11 is 0. The Morgan fingerprint density at radius 2 is 2.17 bits per heavy atom. The van der Waals surface area contributed by atoms with Crippen molar-refractivity contribution in [1.29, 1.82) is 0 Å². The summed E-state index contributed by atoms with van der Waals surface area (Å²) in [6, 6.07) is 2.11. The molecule has 2 aromatic heterocycles. The summed E-state index contributed by atoms with van der Waals surface area (Å²) in [5.41, 5.74) is 4.40. The molecule has 0 bridgehead atoms. The van der Waals surface area contributed by atoms with Gasteiger partial charge >= 0.3 is 0 Å². The lowest BCUT2D eigenvalue weighted by Gasteiger charge is -2.35. The number of aromatic amines is 1. The molecule has 0 saturated carbocycles. The van der Waals surface area contributed by atoms with Gasteiger partial charge in [0.2, 0.25) is 5.91 Å². The van der Waals surface area contributed by atoms with Crippen LogP contribution in [0.25, 0.3) is 0 Å². The fourth-order valence-corrected chi connectivity index (χ4v) is 3.85. The third kappa shape index (κ3) is 3.09. The molecule has 6 nitrogen and oxygen atoms in total. The summed E-state index contributed by atoms with van der Waals surface area (Å²) in [5.74, 6) is 0.201. The summed E-state index contributed by atoms with van der Waals surface area (Å²) in [7, 11) is 1.97. The van der Waals surface area contributed by atoms with E-state index in [1.54, 1.807) is 6.20 Å². The number of nitrogens with zero attached hydrogens (tertiary/aromatic N) is 4. The van der Waals surface area contributed by atoms with Gasteiger partial charge in [-0.1, -0.05) is 13.8 Å². The first-order valence-corrected chi connectivity index (χ1v) is 8.98. The van der Waals surface area contributed by atoms with Gasteiger partial charge in [0.15, 0.2) is 0 Å². The number of H-pyrrole nitrogens is 1. The largest absolute Gasteiger partial charge is 0.334 e. The molecule has 1 aliphatic rings. The van der Waals surface area contributed by atoms with Gasteiger partial charge in [0.05, 0.1) is 23.9 Å². The number of hydrogen-bond acceptors (Lipinski definition) is 3. The van der Waals surface area contributed by atoms with Gasteiger partial charge in [0.25, 0.3) is 0 Å². The average Bonchev–Trinajstić information content (AvgIpc) is 3.23. The van der Waals surface area contributed by atoms with Crippen molar-refractivity contribution in [3.8, 4) is 0 Å². The van der Waals surface area contributed by atoms with Crippen LogP contribution in [-0.2, 0) is 31.1 Å². The quantitative estimate of drug-likeness (QED) is 0.917. The summed E-state index contributed by atoms with van der Waals surface area (Å²) in [4.78, 5) is 15.1. The molecule has 24 heavy (non-hydrogen) atoms. The minimum absolute atomic E-state index is 0.126. The van der Waals surface area contributed by atoms with Crippen LogP contribution in [0.3, 0.4) is 0 Å². The van der Waals surface area contributed by atoms with E-state index in [0.717, 1.165) is 55.6 Å². The van der Waals surface area contributed by atoms with Crippen molar-refractivity contribution in [2.45, 2.75) is 58.4 Å². The first-order chi connectivity index (χ1) is 11.7. The maximum absolute atomic E-state index is 13.1. The molecule has 2 aromatic rings. The van der Waals surface area contributed by atoms with E-state index in [4.69, 9.17) is 0 Å². The average molecular weight is 329 g/mol. The Morgan fingerprint density at radius 3 is 2.83 bits per heavy atom. The van der Waals surface area contributed by atoms with Crippen molar-refractivity contribution in [3.63, 3.8) is 0 Å². The van der Waals surface area contributed by atoms with Gasteiger partial charge in [-0.15, -0.1) is 0 Å². The Bertz CT molecular complexity index is 689. The number of carbonyl (C=O) groups is 1. The summed E-state index contributed by atoms with van der Waals surface area (Å²) < 4.78 is 1.93. The molecule has 1 unspecified atom stereocenters. The van der Waals surface area contributed by atoms with Crippen molar-refractivity contribution in [2.24, 2.45) is 7.05 Å². The van der Waals surface area contributed by atoms with Crippen molar-refractivity contribution >= 4 is 5.91 Å². The molecule has 1 aliphatic heterocycles. The summed E-state index contributed by atoms with van der Waals surface area (Å²) in [5, 5.41) is 11.7. The zero-order valence-electron chi connectivity index (χ0n) is 14.9. The minimum atomic E-state index is 0.126. The second kappa shape index (κ2) is 7.20. The van der Waals surface area contributed by atoms with Crippen molar-refractivity contribution in [1.82, 2.24) is 24.9 Å². The molecular formula is C18H27N5O. The number of amides is 1. The smallest absolute Gasteiger partial charge is 0.227 e. The number of likely N-dealkylation sites (tertiary alicyclic amines) is 1. The predicted octanol–water partition coefficient (Wildman–Crippen LogP) is 2.56. The second-order valence-corrected chi connectivity index (χ2v) is 6.49. The molecule has 6 heteroatoms. The predicted molar refractivity (Wildman–Crippen MR) is 92.6 cm³/mol. The van der Waals surface area contributed by atoms with E-state index in [0.29, 0.717) is 6.42 Å². The van der Waals surface area contributed by atoms with Crippen molar-refractivity contribution in [2.75, 3.05) is 6.54 Å². The van der Waals surface area contributed by atoms with Crippen molar-refractivity contribution < 1.29 is 4.79 Å². The molecule has 3 rings (SSSR count). The lowest BCUT2D eigenvalue weighted by atomic mass is 9.97. The van der Waals surface area contributed by atoms with E-state index in [2.05, 4.69) is 29.1 Å². The molecule has 0 aliphatic carbocycles. The van der Waals surface area contributed by atoms with Crippen LogP contribution < -0.4 is 0 Å². The molecule has 1 amide bonds. The van der Waals surface area contributed by atoms with E-state index in [1.165, 1.54) is 5.69 Å². The number of carbonyl (C=O) groups excluding carboxylic acids is 1. The van der Waals surface area contributed by atoms with Crippen LogP contribution in [0.2, 0.25) is 0 Å². The van der Waals surface area contributed by atoms with Crippen LogP contribution in [0.1, 0.15) is 61.8 Å². The standard InChI is InChI=1S/C18H27N5O/c1-4-14-13(16(5-2)22(3)21-14)12-18(24)23-11-7-6-8-17(23)15-9-10-19-20-15/h9-10,17H,4-8,11-12H2,1-3H3,(H,19,20). The van der Waals surface area contributed by atoms with Crippen LogP contribution in [0.4, 0.5) is 0 Å². The Hall–Kier alpha value is -2.11. The molecule has 0 aromatic carbocycles. The molecule has 130 valence electrons. The Kier molecular flexibility index (Phi) is 5.02. The van der Waals surface area contributed by atoms with E-state index < -0.39 is 0 Å². The Morgan fingerprint density at radius 1 is 1.33 bits per heavy atom. The van der Waals surface area contributed by atoms with Gasteiger partial charge in [-0.05, 0) is 38.2 Å². The monoisotopic (exact) mass is 329 g/mol. The fourth-order valence-electron chi connectivity index (χ4n) is 3.85. The highest BCUT2D eigenvalue weighted by molar-refractivity contribution is 5.80. The summed E-state index contributed by atoms with van der Waals surface area (Å²) in [6.45, 7) is 5.05. The minimum Gasteiger partial charge on any atom is -0.334 e. The second-order valence-electron chi connectivity index (χ2n) is 6.49. The fraction of sp³-hybridized carbons (Fsp3) is 0.611. The van der Waals surface area contributed by atoms with Crippen molar-refractivity contribution in [3.05, 3.63) is 34.9 Å². The zero-order valence-corrected chi connectivity index (χ0v) is 14.9. The highest BCUT2D eigenvalue weighted by Crippen LogP contribution is 2.30. The third-order valence-corrected chi connectivity index (χ3v) is 5.06. The van der Waals surface area contributed by atoms with E-state index >= 15 is 0 Å². The number of piperidine rings is 1. The first kappa shape index (κ1) is 16.7. The molecule has 0 radical (unpaired) electrons. The molecule has 3 heterocycles. The lowest BCUT2D eigenvalue weighted by molar-refractivity contribution is -0.134. The number of nitrogens with one attached hydrogen (secondary N) is 1. The number of rotatable bonds is 5. The maximum atomic E-state index is 13.1. The van der Waals surface area contributed by atoms with Crippen LogP contribution in [0.5, 0.6) is 0 Å². The van der Waals surface area contributed by atoms with Crippen LogP contribution in [0, 0.1) is 0 Å². The van der Waals surface area contributed by atoms with Gasteiger partial charge in [-0.25, -0.2) is 0 Å². The summed E-state index contributed by atoms with van der Waals surface area (Å²) in [6.07, 6.45) is 7.20. The van der Waals surface area contributed by atoms with Gasteiger partial charge in [0, 0.05) is 31.0 Å². The zero-order chi connectivity index (χ0) is 17.1. The highest BCUT2D eigenvalue weighted by Gasteiger charge is 2.30. The van der Waals surface area contributed by atoms with Gasteiger partial charge in [0.1, 0.15) is 0 Å². The Labute approximate surface area is 143 Å². The van der Waals surface area contributed by atoms with E-state index in [9.17, 15) is 4.79 Å². The first-order valence-electron chi connectivity index (χ1n) is 8.98. The maximum Gasteiger partial charge on any atom is 0.227 e. The van der Waals surface area contributed by atoms with Crippen LogP contribution >= 0.6 is 0 Å². The topological polar surface area (TPSA) is 66.8 Å². The number of aryl methyl sites for hydroxylation is 2. The SMILES string of the molecule is CCc1nn(C)c(CC)c1CC(=O)N1CCCCC1c1ccn[nH]1. The molecule has 1 saturated heterocycles. The third-order valence-electron chi connectivity index (χ3n) is 5.06. The van der Waals surface area contributed by atoms with Gasteiger partial charge in [-0.3, -0.25) is 14.6 Å².